The van der Waals surface area contributed by atoms with Crippen LogP contribution in [-0.4, -0.2) is 46.9 Å². The third kappa shape index (κ3) is 6.21. The third-order valence-electron chi connectivity index (χ3n) is 5.22. The lowest BCUT2D eigenvalue weighted by atomic mass is 9.96. The number of carbonyl (C=O) groups excluding carboxylic acids is 1. The SMILES string of the molecule is CC1(C)CN(C(=O)C(N)Cc2ccccc2)CCN1Cc1ccccc1.Cl.Cl. The van der Waals surface area contributed by atoms with Crippen LogP contribution >= 0.6 is 24.8 Å². The minimum absolute atomic E-state index is 0. The monoisotopic (exact) mass is 423 g/mol. The lowest BCUT2D eigenvalue weighted by molar-refractivity contribution is -0.137. The summed E-state index contributed by atoms with van der Waals surface area (Å²) in [6.45, 7) is 7.63. The zero-order chi connectivity index (χ0) is 18.6. The number of halogens is 2. The van der Waals surface area contributed by atoms with Crippen LogP contribution in [0.4, 0.5) is 0 Å². The van der Waals surface area contributed by atoms with Crippen LogP contribution < -0.4 is 5.73 Å². The van der Waals surface area contributed by atoms with Crippen molar-refractivity contribution < 1.29 is 4.79 Å². The van der Waals surface area contributed by atoms with Gasteiger partial charge in [-0.3, -0.25) is 9.69 Å². The lowest BCUT2D eigenvalue weighted by Crippen LogP contribution is -2.62. The average Bonchev–Trinajstić information content (AvgIpc) is 2.64. The summed E-state index contributed by atoms with van der Waals surface area (Å²) in [5, 5.41) is 0. The molecule has 0 aliphatic carbocycles. The molecule has 0 saturated carbocycles. The van der Waals surface area contributed by atoms with E-state index in [4.69, 9.17) is 5.73 Å². The van der Waals surface area contributed by atoms with Crippen molar-refractivity contribution in [3.8, 4) is 0 Å². The highest BCUT2D eigenvalue weighted by Gasteiger charge is 2.36. The fourth-order valence-corrected chi connectivity index (χ4v) is 3.67. The number of rotatable bonds is 5. The number of carbonyl (C=O) groups is 1. The van der Waals surface area contributed by atoms with Gasteiger partial charge in [-0.15, -0.1) is 24.8 Å². The predicted octanol–water partition coefficient (Wildman–Crippen LogP) is 3.52. The van der Waals surface area contributed by atoms with Gasteiger partial charge < -0.3 is 10.6 Å². The number of hydrogen-bond donors (Lipinski definition) is 1. The molecule has 1 heterocycles. The second-order valence-electron chi connectivity index (χ2n) is 7.78. The first-order valence-electron chi connectivity index (χ1n) is 9.33. The Morgan fingerprint density at radius 1 is 0.964 bits per heavy atom. The Kier molecular flexibility index (Phi) is 9.45. The number of hydrogen-bond acceptors (Lipinski definition) is 3. The molecule has 2 aromatic carbocycles. The van der Waals surface area contributed by atoms with Gasteiger partial charge in [-0.05, 0) is 31.4 Å². The zero-order valence-electron chi connectivity index (χ0n) is 16.6. The molecule has 0 radical (unpaired) electrons. The molecule has 1 saturated heterocycles. The number of nitrogens with zero attached hydrogens (tertiary/aromatic N) is 2. The van der Waals surface area contributed by atoms with Gasteiger partial charge in [-0.2, -0.15) is 0 Å². The van der Waals surface area contributed by atoms with E-state index in [0.717, 1.165) is 25.2 Å². The number of nitrogens with two attached hydrogens (primary N) is 1. The Morgan fingerprint density at radius 2 is 1.50 bits per heavy atom. The fourth-order valence-electron chi connectivity index (χ4n) is 3.67. The second kappa shape index (κ2) is 10.8. The molecule has 28 heavy (non-hydrogen) atoms. The van der Waals surface area contributed by atoms with Gasteiger partial charge in [-0.25, -0.2) is 0 Å². The highest BCUT2D eigenvalue weighted by molar-refractivity contribution is 5.85. The molecule has 154 valence electrons. The standard InChI is InChI=1S/C22H29N3O.2ClH/c1-22(2)17-24(13-14-25(22)16-19-11-7-4-8-12-19)21(26)20(23)15-18-9-5-3-6-10-18;;/h3-12,20H,13-17,23H2,1-2H3;2*1H. The van der Waals surface area contributed by atoms with Crippen LogP contribution in [0, 0.1) is 0 Å². The van der Waals surface area contributed by atoms with Crippen molar-refractivity contribution in [2.45, 2.75) is 38.4 Å². The van der Waals surface area contributed by atoms with Gasteiger partial charge in [-0.1, -0.05) is 60.7 Å². The van der Waals surface area contributed by atoms with Crippen LogP contribution in [0.3, 0.4) is 0 Å². The number of piperazine rings is 1. The third-order valence-corrected chi connectivity index (χ3v) is 5.22. The van der Waals surface area contributed by atoms with E-state index in [1.54, 1.807) is 0 Å². The molecule has 1 fully saturated rings. The van der Waals surface area contributed by atoms with Crippen LogP contribution in [0.1, 0.15) is 25.0 Å². The Hall–Kier alpha value is -1.59. The summed E-state index contributed by atoms with van der Waals surface area (Å²) in [5.74, 6) is 0.0567. The molecule has 0 bridgehead atoms. The van der Waals surface area contributed by atoms with E-state index in [2.05, 4.69) is 43.0 Å². The summed E-state index contributed by atoms with van der Waals surface area (Å²) in [5.41, 5.74) is 8.56. The summed E-state index contributed by atoms with van der Waals surface area (Å²) in [6, 6.07) is 20.0. The molecule has 1 atom stereocenters. The summed E-state index contributed by atoms with van der Waals surface area (Å²) >= 11 is 0. The van der Waals surface area contributed by atoms with Crippen LogP contribution in [-0.2, 0) is 17.8 Å². The zero-order valence-corrected chi connectivity index (χ0v) is 18.2. The van der Waals surface area contributed by atoms with Crippen LogP contribution in [0.2, 0.25) is 0 Å². The Labute approximate surface area is 180 Å². The first-order valence-corrected chi connectivity index (χ1v) is 9.33. The number of benzene rings is 2. The topological polar surface area (TPSA) is 49.6 Å². The maximum atomic E-state index is 12.8. The molecule has 0 spiro atoms. The van der Waals surface area contributed by atoms with Gasteiger partial charge in [0.05, 0.1) is 6.04 Å². The molecular formula is C22H31Cl2N3O. The van der Waals surface area contributed by atoms with Crippen molar-refractivity contribution in [3.05, 3.63) is 71.8 Å². The molecule has 2 aromatic rings. The van der Waals surface area contributed by atoms with E-state index >= 15 is 0 Å². The van der Waals surface area contributed by atoms with E-state index in [1.807, 2.05) is 41.3 Å². The van der Waals surface area contributed by atoms with Crippen molar-refractivity contribution in [1.82, 2.24) is 9.80 Å². The molecule has 1 aliphatic rings. The molecule has 1 amide bonds. The first-order chi connectivity index (χ1) is 12.5. The Morgan fingerprint density at radius 3 is 2.04 bits per heavy atom. The molecule has 1 unspecified atom stereocenters. The van der Waals surface area contributed by atoms with Gasteiger partial charge in [0, 0.05) is 31.7 Å². The number of amides is 1. The van der Waals surface area contributed by atoms with Crippen LogP contribution in [0.15, 0.2) is 60.7 Å². The second-order valence-corrected chi connectivity index (χ2v) is 7.78. The maximum absolute atomic E-state index is 12.8. The molecule has 4 nitrogen and oxygen atoms in total. The predicted molar refractivity (Wildman–Crippen MR) is 120 cm³/mol. The van der Waals surface area contributed by atoms with Gasteiger partial charge in [0.25, 0.3) is 0 Å². The maximum Gasteiger partial charge on any atom is 0.239 e. The average molecular weight is 424 g/mol. The molecule has 1 aliphatic heterocycles. The minimum Gasteiger partial charge on any atom is -0.338 e. The van der Waals surface area contributed by atoms with Crippen LogP contribution in [0.25, 0.3) is 0 Å². The molecule has 6 heteroatoms. The van der Waals surface area contributed by atoms with E-state index in [9.17, 15) is 4.79 Å². The summed E-state index contributed by atoms with van der Waals surface area (Å²) in [6.07, 6.45) is 0.588. The van der Waals surface area contributed by atoms with Gasteiger partial charge in [0.15, 0.2) is 0 Å². The van der Waals surface area contributed by atoms with E-state index in [1.165, 1.54) is 5.56 Å². The van der Waals surface area contributed by atoms with Crippen molar-refractivity contribution >= 4 is 30.7 Å². The quantitative estimate of drug-likeness (QED) is 0.799. The first kappa shape index (κ1) is 24.4. The van der Waals surface area contributed by atoms with E-state index in [-0.39, 0.29) is 36.3 Å². The molecular weight excluding hydrogens is 393 g/mol. The summed E-state index contributed by atoms with van der Waals surface area (Å²) in [4.78, 5) is 17.2. The largest absolute Gasteiger partial charge is 0.338 e. The van der Waals surface area contributed by atoms with Gasteiger partial charge in [0.1, 0.15) is 0 Å². The Bertz CT molecular complexity index is 725. The summed E-state index contributed by atoms with van der Waals surface area (Å²) in [7, 11) is 0. The molecule has 2 N–H and O–H groups in total. The molecule has 3 rings (SSSR count). The van der Waals surface area contributed by atoms with Crippen molar-refractivity contribution in [3.63, 3.8) is 0 Å². The van der Waals surface area contributed by atoms with Crippen molar-refractivity contribution in [2.24, 2.45) is 5.73 Å². The fraction of sp³-hybridized carbons (Fsp3) is 0.409. The summed E-state index contributed by atoms with van der Waals surface area (Å²) < 4.78 is 0. The van der Waals surface area contributed by atoms with E-state index in [0.29, 0.717) is 13.0 Å². The Balaban J connectivity index is 0.00000196. The van der Waals surface area contributed by atoms with E-state index < -0.39 is 6.04 Å². The lowest BCUT2D eigenvalue weighted by Gasteiger charge is -2.47. The smallest absolute Gasteiger partial charge is 0.239 e. The minimum atomic E-state index is -0.478. The normalized spacial score (nSPS) is 17.2. The highest BCUT2D eigenvalue weighted by atomic mass is 35.5. The van der Waals surface area contributed by atoms with Crippen molar-refractivity contribution in [2.75, 3.05) is 19.6 Å². The van der Waals surface area contributed by atoms with Crippen molar-refractivity contribution in [1.29, 1.82) is 0 Å². The highest BCUT2D eigenvalue weighted by Crippen LogP contribution is 2.24. The van der Waals surface area contributed by atoms with Gasteiger partial charge >= 0.3 is 0 Å². The van der Waals surface area contributed by atoms with Crippen LogP contribution in [0.5, 0.6) is 0 Å². The molecule has 0 aromatic heterocycles. The van der Waals surface area contributed by atoms with Gasteiger partial charge in [0.2, 0.25) is 5.91 Å².